The van der Waals surface area contributed by atoms with Crippen molar-refractivity contribution in [2.45, 2.75) is 12.0 Å². The molecule has 0 fully saturated rings. The summed E-state index contributed by atoms with van der Waals surface area (Å²) in [5.74, 6) is 2.74. The van der Waals surface area contributed by atoms with Crippen LogP contribution in [0.2, 0.25) is 5.02 Å². The van der Waals surface area contributed by atoms with Crippen LogP contribution in [0.5, 0.6) is 5.75 Å². The topological polar surface area (TPSA) is 61.0 Å². The van der Waals surface area contributed by atoms with Gasteiger partial charge >= 0.3 is 0 Å². The van der Waals surface area contributed by atoms with E-state index in [4.69, 9.17) is 35.7 Å². The van der Waals surface area contributed by atoms with Gasteiger partial charge in [-0.15, -0.1) is 0 Å². The van der Waals surface area contributed by atoms with Crippen LogP contribution in [0.25, 0.3) is 56.1 Å². The largest absolute Gasteiger partial charge is 0.484 e. The van der Waals surface area contributed by atoms with Gasteiger partial charge in [0.1, 0.15) is 23.0 Å². The number of benzene rings is 4. The van der Waals surface area contributed by atoms with Crippen LogP contribution in [-0.4, -0.2) is 21.1 Å². The van der Waals surface area contributed by atoms with Crippen molar-refractivity contribution in [1.29, 1.82) is 0 Å². The first-order valence-electron chi connectivity index (χ1n) is 12.8. The third-order valence-electron chi connectivity index (χ3n) is 7.34. The molecule has 4 aromatic carbocycles. The minimum absolute atomic E-state index is 0.0231. The van der Waals surface area contributed by atoms with Crippen LogP contribution >= 0.6 is 11.6 Å². The molecule has 6 aromatic rings. The average Bonchev–Trinajstić information content (AvgIpc) is 3.55. The number of hydrogen-bond donors (Lipinski definition) is 0. The van der Waals surface area contributed by atoms with Gasteiger partial charge in [0.15, 0.2) is 17.5 Å². The molecule has 0 spiro atoms. The Bertz CT molecular complexity index is 1980. The lowest BCUT2D eigenvalue weighted by molar-refractivity contribution is 0.269. The van der Waals surface area contributed by atoms with Gasteiger partial charge in [-0.3, -0.25) is 0 Å². The summed E-state index contributed by atoms with van der Waals surface area (Å²) >= 11 is 6.25. The van der Waals surface area contributed by atoms with Crippen molar-refractivity contribution in [3.8, 4) is 39.9 Å². The van der Waals surface area contributed by atoms with Gasteiger partial charge in [0.2, 0.25) is 0 Å². The highest BCUT2D eigenvalue weighted by molar-refractivity contribution is 6.31. The Labute approximate surface area is 229 Å². The number of rotatable bonds is 3. The zero-order chi connectivity index (χ0) is 25.9. The summed E-state index contributed by atoms with van der Waals surface area (Å²) in [6.45, 7) is 0. The molecule has 6 heteroatoms. The van der Waals surface area contributed by atoms with Gasteiger partial charge in [-0.05, 0) is 42.5 Å². The molecule has 2 atom stereocenters. The molecule has 0 amide bonds. The highest BCUT2D eigenvalue weighted by Crippen LogP contribution is 2.46. The molecule has 8 rings (SSSR count). The van der Waals surface area contributed by atoms with Gasteiger partial charge in [-0.2, -0.15) is 0 Å². The Morgan fingerprint density at radius 1 is 0.641 bits per heavy atom. The number of hydrogen-bond acceptors (Lipinski definition) is 5. The van der Waals surface area contributed by atoms with Crippen LogP contribution in [0.1, 0.15) is 11.5 Å². The molecule has 1 aliphatic heterocycles. The van der Waals surface area contributed by atoms with E-state index in [0.29, 0.717) is 22.5 Å². The summed E-state index contributed by atoms with van der Waals surface area (Å²) in [7, 11) is 0. The summed E-state index contributed by atoms with van der Waals surface area (Å²) in [5.41, 5.74) is 5.28. The van der Waals surface area contributed by atoms with Crippen molar-refractivity contribution in [1.82, 2.24) is 15.0 Å². The van der Waals surface area contributed by atoms with Crippen molar-refractivity contribution >= 4 is 33.5 Å². The predicted octanol–water partition coefficient (Wildman–Crippen LogP) is 8.40. The van der Waals surface area contributed by atoms with E-state index < -0.39 is 0 Å². The Balaban J connectivity index is 1.32. The molecule has 2 aromatic heterocycles. The smallest absolute Gasteiger partial charge is 0.167 e. The normalized spacial score (nSPS) is 17.4. The van der Waals surface area contributed by atoms with Crippen molar-refractivity contribution in [2.24, 2.45) is 0 Å². The van der Waals surface area contributed by atoms with Crippen LogP contribution in [0, 0.1) is 0 Å². The van der Waals surface area contributed by atoms with Crippen LogP contribution in [0.15, 0.2) is 114 Å². The molecule has 39 heavy (non-hydrogen) atoms. The molecule has 5 nitrogen and oxygen atoms in total. The van der Waals surface area contributed by atoms with Gasteiger partial charge in [0, 0.05) is 38.4 Å². The Morgan fingerprint density at radius 2 is 1.46 bits per heavy atom. The van der Waals surface area contributed by atoms with Crippen molar-refractivity contribution in [3.63, 3.8) is 0 Å². The molecule has 0 saturated carbocycles. The molecule has 1 aliphatic carbocycles. The molecule has 2 unspecified atom stereocenters. The van der Waals surface area contributed by atoms with Crippen LogP contribution in [0.4, 0.5) is 0 Å². The number of allylic oxidation sites excluding steroid dienone is 2. The van der Waals surface area contributed by atoms with E-state index in [9.17, 15) is 0 Å². The maximum absolute atomic E-state index is 6.42. The molecule has 0 bridgehead atoms. The highest BCUT2D eigenvalue weighted by Gasteiger charge is 2.34. The van der Waals surface area contributed by atoms with Gasteiger partial charge in [-0.1, -0.05) is 78.4 Å². The van der Waals surface area contributed by atoms with E-state index >= 15 is 0 Å². The first kappa shape index (κ1) is 22.3. The molecular weight excluding hydrogens is 506 g/mol. The fraction of sp³-hybridized carbons (Fsp3) is 0.0606. The van der Waals surface area contributed by atoms with Gasteiger partial charge in [-0.25, -0.2) is 15.0 Å². The molecule has 0 saturated heterocycles. The van der Waals surface area contributed by atoms with Crippen LogP contribution in [0.3, 0.4) is 0 Å². The lowest BCUT2D eigenvalue weighted by Crippen LogP contribution is -2.15. The van der Waals surface area contributed by atoms with Crippen molar-refractivity contribution in [2.75, 3.05) is 0 Å². The summed E-state index contributed by atoms with van der Waals surface area (Å²) in [6.07, 6.45) is 8.36. The molecule has 0 N–H and O–H groups in total. The Kier molecular flexibility index (Phi) is 4.94. The summed E-state index contributed by atoms with van der Waals surface area (Å²) < 4.78 is 12.6. The fourth-order valence-corrected chi connectivity index (χ4v) is 5.64. The van der Waals surface area contributed by atoms with E-state index in [0.717, 1.165) is 49.9 Å². The van der Waals surface area contributed by atoms with Crippen molar-refractivity contribution < 1.29 is 9.15 Å². The number of para-hydroxylation sites is 1. The maximum atomic E-state index is 6.42. The Hall–Kier alpha value is -4.74. The lowest BCUT2D eigenvalue weighted by atomic mass is 9.91. The highest BCUT2D eigenvalue weighted by atomic mass is 35.5. The maximum Gasteiger partial charge on any atom is 0.167 e. The number of halogens is 1. The van der Waals surface area contributed by atoms with Crippen molar-refractivity contribution in [3.05, 3.63) is 120 Å². The average molecular weight is 526 g/mol. The Morgan fingerprint density at radius 3 is 2.36 bits per heavy atom. The first-order chi connectivity index (χ1) is 19.2. The second-order valence-electron chi connectivity index (χ2n) is 9.73. The molecule has 3 heterocycles. The first-order valence-corrected chi connectivity index (χ1v) is 13.2. The molecule has 0 radical (unpaired) electrons. The predicted molar refractivity (Wildman–Crippen MR) is 154 cm³/mol. The number of ether oxygens (including phenoxy) is 1. The van der Waals surface area contributed by atoms with E-state index in [2.05, 4.69) is 24.3 Å². The van der Waals surface area contributed by atoms with Gasteiger partial charge in [0.05, 0.1) is 5.56 Å². The summed E-state index contributed by atoms with van der Waals surface area (Å²) in [4.78, 5) is 14.8. The van der Waals surface area contributed by atoms with E-state index in [1.807, 2.05) is 84.9 Å². The minimum atomic E-state index is -0.0231. The zero-order valence-electron chi connectivity index (χ0n) is 20.6. The van der Waals surface area contributed by atoms with Gasteiger partial charge in [0.25, 0.3) is 0 Å². The third-order valence-corrected chi connectivity index (χ3v) is 7.58. The number of nitrogens with zero attached hydrogens (tertiary/aromatic N) is 3. The van der Waals surface area contributed by atoms with Crippen LogP contribution < -0.4 is 4.74 Å². The molecular formula is C33H20ClN3O2. The second-order valence-corrected chi connectivity index (χ2v) is 10.2. The summed E-state index contributed by atoms with van der Waals surface area (Å²) in [6, 6.07) is 27.8. The van der Waals surface area contributed by atoms with Gasteiger partial charge < -0.3 is 9.15 Å². The minimum Gasteiger partial charge on any atom is -0.484 e. The third kappa shape index (κ3) is 3.66. The quantitative estimate of drug-likeness (QED) is 0.232. The lowest BCUT2D eigenvalue weighted by Gasteiger charge is -2.14. The molecule has 186 valence electrons. The van der Waals surface area contributed by atoms with E-state index in [1.54, 1.807) is 0 Å². The number of furan rings is 1. The number of aromatic nitrogens is 3. The fourth-order valence-electron chi connectivity index (χ4n) is 5.47. The number of fused-ring (bicyclic) bond motifs is 6. The zero-order valence-corrected chi connectivity index (χ0v) is 21.3. The summed E-state index contributed by atoms with van der Waals surface area (Å²) in [5, 5.41) is 2.64. The van der Waals surface area contributed by atoms with E-state index in [-0.39, 0.29) is 12.0 Å². The van der Waals surface area contributed by atoms with E-state index in [1.165, 1.54) is 0 Å². The second kappa shape index (κ2) is 8.65. The molecule has 2 aliphatic rings. The van der Waals surface area contributed by atoms with Crippen LogP contribution in [-0.2, 0) is 0 Å². The SMILES string of the molecule is Clc1ccc2oc3cc(-c4nc(-c5ccccc5)nc(-c5cccc6c5OC5C=CC=CC65)n4)ccc3c2c1. The monoisotopic (exact) mass is 525 g/mol. The standard InChI is InChI=1S/C33H20ClN3O2/c34-21-14-16-28-26(18-21)23-15-13-20(17-29(23)38-28)32-35-31(19-7-2-1-3-8-19)36-33(37-32)25-11-6-10-24-22-9-4-5-12-27(22)39-30(24)25/h1-18,22,27H.